The minimum absolute atomic E-state index is 0.0106. The fraction of sp³-hybridized carbons (Fsp3) is 0.429. The van der Waals surface area contributed by atoms with Crippen LogP contribution in [0, 0.1) is 0 Å². The minimum Gasteiger partial charge on any atom is -0.479 e. The number of aliphatic carboxylic acids is 1. The number of methoxy groups -OCH3 is 1. The summed E-state index contributed by atoms with van der Waals surface area (Å²) in [4.78, 5) is 22.9. The third kappa shape index (κ3) is 2.93. The summed E-state index contributed by atoms with van der Waals surface area (Å²) >= 11 is 0. The van der Waals surface area contributed by atoms with Crippen LogP contribution < -0.4 is 5.32 Å². The number of benzene rings is 1. The number of hydrogen-bond acceptors (Lipinski definition) is 3. The van der Waals surface area contributed by atoms with Gasteiger partial charge in [-0.15, -0.1) is 0 Å². The van der Waals surface area contributed by atoms with Crippen LogP contribution in [0.25, 0.3) is 0 Å². The Bertz CT molecular complexity index is 486. The van der Waals surface area contributed by atoms with Crippen molar-refractivity contribution < 1.29 is 19.4 Å². The van der Waals surface area contributed by atoms with E-state index in [-0.39, 0.29) is 18.4 Å². The Kier molecular flexibility index (Phi) is 4.16. The number of carbonyl (C=O) groups excluding carboxylic acids is 1. The first-order chi connectivity index (χ1) is 9.13. The van der Waals surface area contributed by atoms with Gasteiger partial charge in [0.2, 0.25) is 5.91 Å². The fourth-order valence-corrected chi connectivity index (χ4v) is 2.42. The molecule has 1 amide bonds. The zero-order valence-corrected chi connectivity index (χ0v) is 10.8. The number of carboxylic acid groups (broad SMARTS) is 1. The molecule has 2 unspecified atom stereocenters. The lowest BCUT2D eigenvalue weighted by atomic mass is 10.0. The van der Waals surface area contributed by atoms with Crippen molar-refractivity contribution in [2.75, 3.05) is 13.7 Å². The van der Waals surface area contributed by atoms with Crippen LogP contribution in [-0.4, -0.2) is 36.7 Å². The summed E-state index contributed by atoms with van der Waals surface area (Å²) in [6.07, 6.45) is 0.664. The van der Waals surface area contributed by atoms with Crippen molar-refractivity contribution in [3.63, 3.8) is 0 Å². The molecule has 0 aromatic heterocycles. The van der Waals surface area contributed by atoms with Crippen molar-refractivity contribution in [3.05, 3.63) is 35.4 Å². The smallest absolute Gasteiger partial charge is 0.334 e. The Morgan fingerprint density at radius 2 is 2.21 bits per heavy atom. The van der Waals surface area contributed by atoms with Crippen LogP contribution in [0.4, 0.5) is 0 Å². The number of aryl methyl sites for hydroxylation is 1. The number of carboxylic acids is 1. The van der Waals surface area contributed by atoms with E-state index < -0.39 is 12.1 Å². The molecule has 0 spiro atoms. The van der Waals surface area contributed by atoms with Crippen molar-refractivity contribution in [1.29, 1.82) is 0 Å². The molecule has 1 aromatic carbocycles. The molecule has 0 heterocycles. The van der Waals surface area contributed by atoms with E-state index >= 15 is 0 Å². The molecule has 0 aliphatic heterocycles. The van der Waals surface area contributed by atoms with Gasteiger partial charge in [-0.25, -0.2) is 4.79 Å². The maximum atomic E-state index is 12.1. The van der Waals surface area contributed by atoms with Crippen LogP contribution in [0.2, 0.25) is 0 Å². The molecule has 2 N–H and O–H groups in total. The molecule has 2 atom stereocenters. The van der Waals surface area contributed by atoms with Gasteiger partial charge < -0.3 is 15.2 Å². The molecule has 19 heavy (non-hydrogen) atoms. The molecule has 5 nitrogen and oxygen atoms in total. The van der Waals surface area contributed by atoms with Crippen molar-refractivity contribution in [1.82, 2.24) is 5.32 Å². The van der Waals surface area contributed by atoms with E-state index in [0.717, 1.165) is 18.4 Å². The van der Waals surface area contributed by atoms with Gasteiger partial charge >= 0.3 is 5.97 Å². The second-order valence-corrected chi connectivity index (χ2v) is 4.60. The predicted octanol–water partition coefficient (Wildman–Crippen LogP) is 0.932. The summed E-state index contributed by atoms with van der Waals surface area (Å²) in [6, 6.07) is 7.86. The average Bonchev–Trinajstić information content (AvgIpc) is 2.82. The summed E-state index contributed by atoms with van der Waals surface area (Å²) < 4.78 is 4.78. The van der Waals surface area contributed by atoms with Gasteiger partial charge in [0, 0.05) is 7.11 Å². The molecule has 102 valence electrons. The molecule has 0 radical (unpaired) electrons. The molecule has 1 aromatic rings. The van der Waals surface area contributed by atoms with Crippen LogP contribution in [0.15, 0.2) is 24.3 Å². The molecule has 0 fully saturated rings. The number of ether oxygens (including phenoxy) is 1. The highest BCUT2D eigenvalue weighted by Gasteiger charge is 2.29. The lowest BCUT2D eigenvalue weighted by Gasteiger charge is -2.15. The van der Waals surface area contributed by atoms with Crippen LogP contribution in [-0.2, 0) is 20.7 Å². The first-order valence-electron chi connectivity index (χ1n) is 6.24. The molecule has 0 bridgehead atoms. The third-order valence-electron chi connectivity index (χ3n) is 3.47. The summed E-state index contributed by atoms with van der Waals surface area (Å²) in [7, 11) is 1.32. The predicted molar refractivity (Wildman–Crippen MR) is 68.9 cm³/mol. The van der Waals surface area contributed by atoms with Gasteiger partial charge in [-0.05, 0) is 24.0 Å². The van der Waals surface area contributed by atoms with Gasteiger partial charge in [-0.3, -0.25) is 4.79 Å². The minimum atomic E-state index is -1.07. The third-order valence-corrected chi connectivity index (χ3v) is 3.47. The zero-order chi connectivity index (χ0) is 13.8. The van der Waals surface area contributed by atoms with Gasteiger partial charge in [-0.2, -0.15) is 0 Å². The standard InChI is InChI=1S/C14H17NO4/c1-19-12(14(17)18)8-15-13(16)11-7-6-9-4-2-3-5-10(9)11/h2-5,11-12H,6-8H2,1H3,(H,15,16)(H,17,18). The van der Waals surface area contributed by atoms with Crippen LogP contribution in [0.5, 0.6) is 0 Å². The lowest BCUT2D eigenvalue weighted by Crippen LogP contribution is -2.39. The topological polar surface area (TPSA) is 75.6 Å². The molecule has 2 rings (SSSR count). The molecule has 5 heteroatoms. The van der Waals surface area contributed by atoms with Gasteiger partial charge in [0.05, 0.1) is 12.5 Å². The molecule has 0 saturated carbocycles. The summed E-state index contributed by atoms with van der Waals surface area (Å²) in [6.45, 7) is -0.0106. The maximum Gasteiger partial charge on any atom is 0.334 e. The molecule has 1 aliphatic rings. The molecule has 1 aliphatic carbocycles. The number of nitrogens with one attached hydrogen (secondary N) is 1. The Morgan fingerprint density at radius 3 is 2.89 bits per heavy atom. The Hall–Kier alpha value is -1.88. The van der Waals surface area contributed by atoms with Gasteiger partial charge in [0.1, 0.15) is 0 Å². The lowest BCUT2D eigenvalue weighted by molar-refractivity contribution is -0.148. The van der Waals surface area contributed by atoms with Crippen molar-refractivity contribution in [3.8, 4) is 0 Å². The zero-order valence-electron chi connectivity index (χ0n) is 10.8. The monoisotopic (exact) mass is 263 g/mol. The number of hydrogen-bond donors (Lipinski definition) is 2. The highest BCUT2D eigenvalue weighted by atomic mass is 16.5. The second-order valence-electron chi connectivity index (χ2n) is 4.60. The SMILES string of the molecule is COC(CNC(=O)C1CCc2ccccc21)C(=O)O. The van der Waals surface area contributed by atoms with Crippen molar-refractivity contribution >= 4 is 11.9 Å². The number of carbonyl (C=O) groups is 2. The highest BCUT2D eigenvalue weighted by Crippen LogP contribution is 2.32. The normalized spacial score (nSPS) is 18.7. The van der Waals surface area contributed by atoms with E-state index in [9.17, 15) is 9.59 Å². The van der Waals surface area contributed by atoms with Crippen LogP contribution in [0.3, 0.4) is 0 Å². The van der Waals surface area contributed by atoms with E-state index in [0.29, 0.717) is 0 Å². The number of rotatable bonds is 5. The average molecular weight is 263 g/mol. The van der Waals surface area contributed by atoms with Gasteiger partial charge in [0.25, 0.3) is 0 Å². The first-order valence-corrected chi connectivity index (χ1v) is 6.24. The molecular formula is C14H17NO4. The fourth-order valence-electron chi connectivity index (χ4n) is 2.42. The van der Waals surface area contributed by atoms with E-state index in [2.05, 4.69) is 5.32 Å². The Labute approximate surface area is 111 Å². The van der Waals surface area contributed by atoms with E-state index in [1.54, 1.807) is 0 Å². The Morgan fingerprint density at radius 1 is 1.47 bits per heavy atom. The molecular weight excluding hydrogens is 246 g/mol. The summed E-state index contributed by atoms with van der Waals surface area (Å²) in [5.41, 5.74) is 2.24. The van der Waals surface area contributed by atoms with Crippen molar-refractivity contribution in [2.45, 2.75) is 24.9 Å². The van der Waals surface area contributed by atoms with E-state index in [1.165, 1.54) is 12.7 Å². The summed E-state index contributed by atoms with van der Waals surface area (Å²) in [5.74, 6) is -1.38. The molecule has 0 saturated heterocycles. The number of fused-ring (bicyclic) bond motifs is 1. The highest BCUT2D eigenvalue weighted by molar-refractivity contribution is 5.85. The van der Waals surface area contributed by atoms with Crippen LogP contribution >= 0.6 is 0 Å². The second kappa shape index (κ2) is 5.84. The Balaban J connectivity index is 1.97. The first kappa shape index (κ1) is 13.5. The number of amides is 1. The van der Waals surface area contributed by atoms with E-state index in [1.807, 2.05) is 24.3 Å². The van der Waals surface area contributed by atoms with Crippen molar-refractivity contribution in [2.24, 2.45) is 0 Å². The van der Waals surface area contributed by atoms with Gasteiger partial charge in [0.15, 0.2) is 6.10 Å². The summed E-state index contributed by atoms with van der Waals surface area (Å²) in [5, 5.41) is 11.5. The quantitative estimate of drug-likeness (QED) is 0.828. The maximum absolute atomic E-state index is 12.1. The largest absolute Gasteiger partial charge is 0.479 e. The van der Waals surface area contributed by atoms with E-state index in [4.69, 9.17) is 9.84 Å². The van der Waals surface area contributed by atoms with Crippen LogP contribution in [0.1, 0.15) is 23.5 Å². The van der Waals surface area contributed by atoms with Gasteiger partial charge in [-0.1, -0.05) is 24.3 Å².